The van der Waals surface area contributed by atoms with Crippen molar-refractivity contribution in [3.8, 4) is 0 Å². The maximum Gasteiger partial charge on any atom is 0.223 e. The largest absolute Gasteiger partial charge is 0.341 e. The van der Waals surface area contributed by atoms with Crippen LogP contribution in [0.1, 0.15) is 18.9 Å². The average molecular weight is 299 g/mol. The molecule has 1 aromatic carbocycles. The molecule has 1 atom stereocenters. The lowest BCUT2D eigenvalue weighted by Crippen LogP contribution is -2.28. The van der Waals surface area contributed by atoms with E-state index < -0.39 is 11.6 Å². The molecular formula is C14H15F2NO2S. The van der Waals surface area contributed by atoms with Gasteiger partial charge in [0, 0.05) is 37.8 Å². The topological polar surface area (TPSA) is 37.4 Å². The minimum absolute atomic E-state index is 0.00292. The van der Waals surface area contributed by atoms with Crippen molar-refractivity contribution in [3.05, 3.63) is 35.4 Å². The third-order valence-electron chi connectivity index (χ3n) is 3.10. The first-order chi connectivity index (χ1) is 9.44. The molecule has 0 aromatic heterocycles. The van der Waals surface area contributed by atoms with E-state index in [1.165, 1.54) is 30.8 Å². The van der Waals surface area contributed by atoms with Gasteiger partial charge in [0.1, 0.15) is 11.6 Å². The Kier molecular flexibility index (Phi) is 4.75. The summed E-state index contributed by atoms with van der Waals surface area (Å²) < 4.78 is 26.1. The van der Waals surface area contributed by atoms with E-state index in [-0.39, 0.29) is 16.3 Å². The summed E-state index contributed by atoms with van der Waals surface area (Å²) in [4.78, 5) is 24.4. The zero-order chi connectivity index (χ0) is 14.7. The van der Waals surface area contributed by atoms with Crippen molar-refractivity contribution in [1.29, 1.82) is 0 Å². The Morgan fingerprint density at radius 3 is 2.60 bits per heavy atom. The number of nitrogens with zero attached hydrogens (tertiary/aromatic N) is 1. The van der Waals surface area contributed by atoms with Gasteiger partial charge < -0.3 is 4.90 Å². The molecule has 1 fully saturated rings. The van der Waals surface area contributed by atoms with Crippen LogP contribution >= 0.6 is 11.8 Å². The number of likely N-dealkylation sites (tertiary alicyclic amines) is 1. The smallest absolute Gasteiger partial charge is 0.223 e. The first kappa shape index (κ1) is 15.0. The Labute approximate surface area is 120 Å². The highest BCUT2D eigenvalue weighted by molar-refractivity contribution is 8.14. The quantitative estimate of drug-likeness (QED) is 0.856. The second kappa shape index (κ2) is 6.35. The monoisotopic (exact) mass is 299 g/mol. The number of halogens is 2. The summed E-state index contributed by atoms with van der Waals surface area (Å²) >= 11 is 1.17. The number of hydrogen-bond acceptors (Lipinski definition) is 3. The number of benzene rings is 1. The Bertz CT molecular complexity index is 516. The van der Waals surface area contributed by atoms with Crippen molar-refractivity contribution in [2.45, 2.75) is 25.0 Å². The second-order valence-corrected chi connectivity index (χ2v) is 6.28. The Hall–Kier alpha value is -1.43. The molecule has 0 bridgehead atoms. The van der Waals surface area contributed by atoms with Crippen LogP contribution in [0.3, 0.4) is 0 Å². The minimum atomic E-state index is -0.613. The molecule has 3 nitrogen and oxygen atoms in total. The van der Waals surface area contributed by atoms with Crippen LogP contribution in [0.15, 0.2) is 18.2 Å². The summed E-state index contributed by atoms with van der Waals surface area (Å²) in [6.07, 6.45) is 0.750. The first-order valence-electron chi connectivity index (χ1n) is 6.34. The van der Waals surface area contributed by atoms with Gasteiger partial charge in [0.15, 0.2) is 5.12 Å². The van der Waals surface area contributed by atoms with Gasteiger partial charge in [-0.15, -0.1) is 0 Å². The highest BCUT2D eigenvalue weighted by atomic mass is 32.2. The van der Waals surface area contributed by atoms with E-state index in [9.17, 15) is 18.4 Å². The molecule has 20 heavy (non-hydrogen) atoms. The summed E-state index contributed by atoms with van der Waals surface area (Å²) in [5.74, 6) is -1.24. The van der Waals surface area contributed by atoms with Gasteiger partial charge in [0.2, 0.25) is 5.91 Å². The molecule has 2 rings (SSSR count). The summed E-state index contributed by atoms with van der Waals surface area (Å²) in [7, 11) is 0. The SMILES string of the molecule is CC(=O)SC1CC(=O)N(CCc2cc(F)cc(F)c2)C1. The zero-order valence-electron chi connectivity index (χ0n) is 11.1. The number of carbonyl (C=O) groups is 2. The maximum atomic E-state index is 13.0. The molecule has 1 saturated heterocycles. The molecule has 1 aromatic rings. The van der Waals surface area contributed by atoms with Gasteiger partial charge in [0.25, 0.3) is 0 Å². The maximum absolute atomic E-state index is 13.0. The van der Waals surface area contributed by atoms with Crippen molar-refractivity contribution in [1.82, 2.24) is 4.90 Å². The van der Waals surface area contributed by atoms with E-state index >= 15 is 0 Å². The van der Waals surface area contributed by atoms with Crippen LogP contribution in [-0.4, -0.2) is 34.3 Å². The fourth-order valence-electron chi connectivity index (χ4n) is 2.29. The Balaban J connectivity index is 1.90. The van der Waals surface area contributed by atoms with Crippen LogP contribution in [0.4, 0.5) is 8.78 Å². The lowest BCUT2D eigenvalue weighted by molar-refractivity contribution is -0.127. The van der Waals surface area contributed by atoms with E-state index in [4.69, 9.17) is 0 Å². The van der Waals surface area contributed by atoms with E-state index in [1.807, 2.05) is 0 Å². The van der Waals surface area contributed by atoms with Gasteiger partial charge in [-0.1, -0.05) is 11.8 Å². The van der Waals surface area contributed by atoms with Crippen molar-refractivity contribution in [2.24, 2.45) is 0 Å². The van der Waals surface area contributed by atoms with Crippen molar-refractivity contribution >= 4 is 22.8 Å². The van der Waals surface area contributed by atoms with Crippen LogP contribution in [0.2, 0.25) is 0 Å². The lowest BCUT2D eigenvalue weighted by atomic mass is 10.1. The minimum Gasteiger partial charge on any atom is -0.341 e. The second-order valence-electron chi connectivity index (χ2n) is 4.80. The van der Waals surface area contributed by atoms with Crippen molar-refractivity contribution in [3.63, 3.8) is 0 Å². The highest BCUT2D eigenvalue weighted by Gasteiger charge is 2.30. The summed E-state index contributed by atoms with van der Waals surface area (Å²) in [6.45, 7) is 2.41. The predicted octanol–water partition coefficient (Wildman–Crippen LogP) is 2.39. The van der Waals surface area contributed by atoms with Gasteiger partial charge in [0.05, 0.1) is 0 Å². The number of hydrogen-bond donors (Lipinski definition) is 0. The summed E-state index contributed by atoms with van der Waals surface area (Å²) in [5.41, 5.74) is 0.526. The van der Waals surface area contributed by atoms with E-state index in [0.29, 0.717) is 31.5 Å². The van der Waals surface area contributed by atoms with Gasteiger partial charge in [-0.25, -0.2) is 8.78 Å². The first-order valence-corrected chi connectivity index (χ1v) is 7.22. The normalized spacial score (nSPS) is 18.6. The Morgan fingerprint density at radius 1 is 1.35 bits per heavy atom. The van der Waals surface area contributed by atoms with Crippen LogP contribution in [0, 0.1) is 11.6 Å². The van der Waals surface area contributed by atoms with Crippen LogP contribution in [-0.2, 0) is 16.0 Å². The molecule has 1 heterocycles. The van der Waals surface area contributed by atoms with Crippen LogP contribution < -0.4 is 0 Å². The van der Waals surface area contributed by atoms with Gasteiger partial charge in [-0.3, -0.25) is 9.59 Å². The Morgan fingerprint density at radius 2 is 2.00 bits per heavy atom. The molecule has 0 radical (unpaired) electrons. The third kappa shape index (κ3) is 4.03. The standard InChI is InChI=1S/C14H15F2NO2S/c1-9(18)20-13-7-14(19)17(8-13)3-2-10-4-11(15)6-12(16)5-10/h4-6,13H,2-3,7-8H2,1H3. The number of amides is 1. The number of rotatable bonds is 4. The van der Waals surface area contributed by atoms with E-state index in [2.05, 4.69) is 0 Å². The van der Waals surface area contributed by atoms with Gasteiger partial charge >= 0.3 is 0 Å². The van der Waals surface area contributed by atoms with Crippen molar-refractivity contribution < 1.29 is 18.4 Å². The molecule has 0 spiro atoms. The van der Waals surface area contributed by atoms with Gasteiger partial charge in [-0.2, -0.15) is 0 Å². The highest BCUT2D eigenvalue weighted by Crippen LogP contribution is 2.24. The molecule has 0 saturated carbocycles. The lowest BCUT2D eigenvalue weighted by Gasteiger charge is -2.16. The molecule has 1 amide bonds. The molecule has 1 unspecified atom stereocenters. The predicted molar refractivity (Wildman–Crippen MR) is 73.3 cm³/mol. The third-order valence-corrected chi connectivity index (χ3v) is 4.09. The van der Waals surface area contributed by atoms with Gasteiger partial charge in [-0.05, 0) is 24.1 Å². The summed E-state index contributed by atoms with van der Waals surface area (Å²) in [5, 5.41) is -0.0129. The molecule has 0 N–H and O–H groups in total. The van der Waals surface area contributed by atoms with Crippen molar-refractivity contribution in [2.75, 3.05) is 13.1 Å². The number of carbonyl (C=O) groups excluding carboxylic acids is 2. The van der Waals surface area contributed by atoms with E-state index in [0.717, 1.165) is 6.07 Å². The molecule has 108 valence electrons. The van der Waals surface area contributed by atoms with Crippen LogP contribution in [0.25, 0.3) is 0 Å². The fraction of sp³-hybridized carbons (Fsp3) is 0.429. The number of thioether (sulfide) groups is 1. The molecular weight excluding hydrogens is 284 g/mol. The fourth-order valence-corrected chi connectivity index (χ4v) is 3.23. The zero-order valence-corrected chi connectivity index (χ0v) is 11.9. The molecule has 1 aliphatic heterocycles. The summed E-state index contributed by atoms with van der Waals surface area (Å²) in [6, 6.07) is 3.36. The molecule has 0 aliphatic carbocycles. The molecule has 6 heteroatoms. The van der Waals surface area contributed by atoms with Crippen LogP contribution in [0.5, 0.6) is 0 Å². The van der Waals surface area contributed by atoms with E-state index in [1.54, 1.807) is 4.90 Å². The average Bonchev–Trinajstić information content (AvgIpc) is 2.64. The molecule has 1 aliphatic rings.